The minimum atomic E-state index is -3.69. The Morgan fingerprint density at radius 1 is 1.19 bits per heavy atom. The van der Waals surface area contributed by atoms with Gasteiger partial charge in [-0.1, -0.05) is 36.4 Å². The predicted octanol–water partition coefficient (Wildman–Crippen LogP) is 3.73. The minimum Gasteiger partial charge on any atom is -0.466 e. The van der Waals surface area contributed by atoms with Gasteiger partial charge in [-0.15, -0.1) is 0 Å². The van der Waals surface area contributed by atoms with Gasteiger partial charge in [-0.2, -0.15) is 5.26 Å². The highest BCUT2D eigenvalue weighted by molar-refractivity contribution is 7.91. The molecule has 3 rings (SSSR count). The first kappa shape index (κ1) is 19.1. The standard InChI is InChI=1S/C21H21NO4S/c1-2-26-20(23)13-21(10-11-21)15-27(24,25)19-12-16(14-22)8-9-18(19)17-6-4-3-5-7-17/h3-9,12H,2,10-11,13,15H2,1H3. The van der Waals surface area contributed by atoms with Gasteiger partial charge in [0, 0.05) is 5.56 Å². The molecule has 0 N–H and O–H groups in total. The first-order valence-electron chi connectivity index (χ1n) is 8.87. The molecule has 0 spiro atoms. The van der Waals surface area contributed by atoms with Crippen molar-refractivity contribution < 1.29 is 17.9 Å². The highest BCUT2D eigenvalue weighted by atomic mass is 32.2. The third kappa shape index (κ3) is 4.37. The summed E-state index contributed by atoms with van der Waals surface area (Å²) in [5, 5.41) is 9.21. The zero-order chi connectivity index (χ0) is 19.5. The van der Waals surface area contributed by atoms with E-state index in [1.807, 2.05) is 36.4 Å². The summed E-state index contributed by atoms with van der Waals surface area (Å²) in [6.07, 6.45) is 1.48. The maximum Gasteiger partial charge on any atom is 0.306 e. The molecule has 1 aliphatic carbocycles. The van der Waals surface area contributed by atoms with Crippen LogP contribution in [0, 0.1) is 16.7 Å². The summed E-state index contributed by atoms with van der Waals surface area (Å²) in [7, 11) is -3.69. The quantitative estimate of drug-likeness (QED) is 0.680. The van der Waals surface area contributed by atoms with Crippen LogP contribution < -0.4 is 0 Å². The number of hydrogen-bond acceptors (Lipinski definition) is 5. The number of esters is 1. The van der Waals surface area contributed by atoms with E-state index in [1.165, 1.54) is 6.07 Å². The van der Waals surface area contributed by atoms with Crippen molar-refractivity contribution in [2.24, 2.45) is 5.41 Å². The van der Waals surface area contributed by atoms with Gasteiger partial charge in [0.15, 0.2) is 9.84 Å². The molecule has 0 amide bonds. The van der Waals surface area contributed by atoms with Crippen LogP contribution >= 0.6 is 0 Å². The summed E-state index contributed by atoms with van der Waals surface area (Å²) >= 11 is 0. The van der Waals surface area contributed by atoms with Gasteiger partial charge in [0.25, 0.3) is 0 Å². The number of nitrogens with zero attached hydrogens (tertiary/aromatic N) is 1. The maximum absolute atomic E-state index is 13.2. The Morgan fingerprint density at radius 2 is 1.89 bits per heavy atom. The largest absolute Gasteiger partial charge is 0.466 e. The van der Waals surface area contributed by atoms with Crippen LogP contribution in [0.2, 0.25) is 0 Å². The molecule has 2 aromatic carbocycles. The molecule has 1 aliphatic rings. The second kappa shape index (κ2) is 7.53. The second-order valence-electron chi connectivity index (χ2n) is 6.93. The van der Waals surface area contributed by atoms with Gasteiger partial charge in [-0.3, -0.25) is 4.79 Å². The summed E-state index contributed by atoms with van der Waals surface area (Å²) < 4.78 is 31.4. The van der Waals surface area contributed by atoms with Crippen molar-refractivity contribution in [1.82, 2.24) is 0 Å². The lowest BCUT2D eigenvalue weighted by Gasteiger charge is -2.17. The molecule has 0 aromatic heterocycles. The van der Waals surface area contributed by atoms with E-state index in [-0.39, 0.29) is 29.6 Å². The molecule has 0 heterocycles. The van der Waals surface area contributed by atoms with Crippen LogP contribution in [-0.2, 0) is 19.4 Å². The fourth-order valence-corrected chi connectivity index (χ4v) is 5.43. The molecule has 1 fully saturated rings. The molecule has 6 heteroatoms. The van der Waals surface area contributed by atoms with Crippen LogP contribution in [0.25, 0.3) is 11.1 Å². The summed E-state index contributed by atoms with van der Waals surface area (Å²) in [5.74, 6) is -0.479. The number of carbonyl (C=O) groups is 1. The number of nitriles is 1. The molecule has 27 heavy (non-hydrogen) atoms. The summed E-state index contributed by atoms with van der Waals surface area (Å²) in [6.45, 7) is 2.01. The third-order valence-corrected chi connectivity index (χ3v) is 6.81. The molecule has 0 radical (unpaired) electrons. The molecule has 0 saturated heterocycles. The number of carbonyl (C=O) groups excluding carboxylic acids is 1. The van der Waals surface area contributed by atoms with Gasteiger partial charge in [0.2, 0.25) is 0 Å². The van der Waals surface area contributed by atoms with Gasteiger partial charge < -0.3 is 4.74 Å². The molecular weight excluding hydrogens is 362 g/mol. The van der Waals surface area contributed by atoms with Crippen molar-refractivity contribution in [3.63, 3.8) is 0 Å². The summed E-state index contributed by atoms with van der Waals surface area (Å²) in [5.41, 5.74) is 1.09. The Labute approximate surface area is 159 Å². The van der Waals surface area contributed by atoms with E-state index < -0.39 is 15.3 Å². The molecule has 0 bridgehead atoms. The van der Waals surface area contributed by atoms with Crippen LogP contribution in [0.15, 0.2) is 53.4 Å². The fourth-order valence-electron chi connectivity index (χ4n) is 3.25. The molecular formula is C21H21NO4S. The highest BCUT2D eigenvalue weighted by Crippen LogP contribution is 2.51. The average Bonchev–Trinajstić information content (AvgIpc) is 3.40. The fraction of sp³-hybridized carbons (Fsp3) is 0.333. The minimum absolute atomic E-state index is 0.110. The number of sulfone groups is 1. The monoisotopic (exact) mass is 383 g/mol. The van der Waals surface area contributed by atoms with Gasteiger partial charge >= 0.3 is 5.97 Å². The van der Waals surface area contributed by atoms with E-state index in [9.17, 15) is 18.5 Å². The number of benzene rings is 2. The molecule has 0 atom stereocenters. The van der Waals surface area contributed by atoms with Crippen LogP contribution in [0.3, 0.4) is 0 Å². The Morgan fingerprint density at radius 3 is 2.48 bits per heavy atom. The zero-order valence-corrected chi connectivity index (χ0v) is 16.0. The Bertz CT molecular complexity index is 987. The maximum atomic E-state index is 13.2. The van der Waals surface area contributed by atoms with E-state index in [0.29, 0.717) is 24.0 Å². The summed E-state index contributed by atoms with van der Waals surface area (Å²) in [6, 6.07) is 15.9. The van der Waals surface area contributed by atoms with Crippen LogP contribution in [-0.4, -0.2) is 26.7 Å². The molecule has 1 saturated carbocycles. The van der Waals surface area contributed by atoms with E-state index in [0.717, 1.165) is 5.56 Å². The Kier molecular flexibility index (Phi) is 5.33. The average molecular weight is 383 g/mol. The smallest absolute Gasteiger partial charge is 0.306 e. The van der Waals surface area contributed by atoms with Gasteiger partial charge in [0.05, 0.1) is 35.3 Å². The van der Waals surface area contributed by atoms with Crippen LogP contribution in [0.1, 0.15) is 31.7 Å². The zero-order valence-electron chi connectivity index (χ0n) is 15.1. The van der Waals surface area contributed by atoms with Crippen LogP contribution in [0.5, 0.6) is 0 Å². The van der Waals surface area contributed by atoms with Crippen LogP contribution in [0.4, 0.5) is 0 Å². The van der Waals surface area contributed by atoms with Gasteiger partial charge in [-0.25, -0.2) is 8.42 Å². The predicted molar refractivity (Wildman–Crippen MR) is 102 cm³/mol. The molecule has 0 aliphatic heterocycles. The lowest BCUT2D eigenvalue weighted by atomic mass is 10.0. The highest BCUT2D eigenvalue weighted by Gasteiger charge is 2.48. The Hall–Kier alpha value is -2.65. The van der Waals surface area contributed by atoms with Gasteiger partial charge in [0.1, 0.15) is 0 Å². The van der Waals surface area contributed by atoms with E-state index >= 15 is 0 Å². The van der Waals surface area contributed by atoms with Crippen molar-refractivity contribution in [2.75, 3.05) is 12.4 Å². The summed E-state index contributed by atoms with van der Waals surface area (Å²) in [4.78, 5) is 12.0. The normalized spacial score (nSPS) is 15.0. The van der Waals surface area contributed by atoms with Crippen molar-refractivity contribution in [1.29, 1.82) is 5.26 Å². The van der Waals surface area contributed by atoms with E-state index in [2.05, 4.69) is 0 Å². The number of ether oxygens (including phenoxy) is 1. The molecule has 2 aromatic rings. The van der Waals surface area contributed by atoms with Crippen molar-refractivity contribution in [3.05, 3.63) is 54.1 Å². The van der Waals surface area contributed by atoms with Gasteiger partial charge in [-0.05, 0) is 42.9 Å². The molecule has 140 valence electrons. The molecule has 5 nitrogen and oxygen atoms in total. The molecule has 0 unspecified atom stereocenters. The Balaban J connectivity index is 1.97. The van der Waals surface area contributed by atoms with E-state index in [1.54, 1.807) is 19.1 Å². The number of rotatable bonds is 7. The second-order valence-corrected chi connectivity index (χ2v) is 8.89. The first-order valence-corrected chi connectivity index (χ1v) is 10.5. The van der Waals surface area contributed by atoms with E-state index in [4.69, 9.17) is 4.74 Å². The topological polar surface area (TPSA) is 84.2 Å². The van der Waals surface area contributed by atoms with Crippen molar-refractivity contribution >= 4 is 15.8 Å². The van der Waals surface area contributed by atoms with Crippen molar-refractivity contribution in [3.8, 4) is 17.2 Å². The first-order chi connectivity index (χ1) is 12.9. The van der Waals surface area contributed by atoms with Crippen molar-refractivity contribution in [2.45, 2.75) is 31.1 Å². The third-order valence-electron chi connectivity index (χ3n) is 4.81. The lowest BCUT2D eigenvalue weighted by Crippen LogP contribution is -2.22. The number of hydrogen-bond donors (Lipinski definition) is 0. The lowest BCUT2D eigenvalue weighted by molar-refractivity contribution is -0.144. The SMILES string of the molecule is CCOC(=O)CC1(CS(=O)(=O)c2cc(C#N)ccc2-c2ccccc2)CC1.